The van der Waals surface area contributed by atoms with E-state index in [1.165, 1.54) is 6.92 Å². The molecule has 1 aliphatic heterocycles. The highest BCUT2D eigenvalue weighted by Gasteiger charge is 2.37. The number of hydrogen-bond donors (Lipinski definition) is 3. The van der Waals surface area contributed by atoms with E-state index in [9.17, 15) is 9.90 Å². The molecule has 0 atom stereocenters. The van der Waals surface area contributed by atoms with Gasteiger partial charge in [-0.2, -0.15) is 0 Å². The fraction of sp³-hybridized carbons (Fsp3) is 0.462. The van der Waals surface area contributed by atoms with Gasteiger partial charge in [-0.3, -0.25) is 4.79 Å². The summed E-state index contributed by atoms with van der Waals surface area (Å²) in [6, 6.07) is 5.23. The van der Waals surface area contributed by atoms with Crippen LogP contribution in [0.1, 0.15) is 6.92 Å². The predicted octanol–water partition coefficient (Wildman–Crippen LogP) is 1.72. The van der Waals surface area contributed by atoms with Gasteiger partial charge in [0.05, 0.1) is 35.9 Å². The molecule has 0 radical (unpaired) electrons. The second-order valence-corrected chi connectivity index (χ2v) is 5.29. The number of ether oxygens (including phenoxy) is 1. The summed E-state index contributed by atoms with van der Waals surface area (Å²) in [6.07, 6.45) is 0. The first-order valence-electron chi connectivity index (χ1n) is 6.04. The minimum absolute atomic E-state index is 0.0724. The number of hydrogen-bond acceptors (Lipinski definition) is 4. The lowest BCUT2D eigenvalue weighted by Gasteiger charge is -2.40. The summed E-state index contributed by atoms with van der Waals surface area (Å²) in [7, 11) is 0. The van der Waals surface area contributed by atoms with Crippen molar-refractivity contribution in [1.29, 1.82) is 0 Å². The van der Waals surface area contributed by atoms with Gasteiger partial charge in [-0.05, 0) is 18.2 Å². The molecular formula is C13H17ClN2O3. The third kappa shape index (κ3) is 3.37. The molecule has 1 amide bonds. The average molecular weight is 285 g/mol. The van der Waals surface area contributed by atoms with Crippen LogP contribution >= 0.6 is 11.6 Å². The number of carbonyl (C=O) groups excluding carboxylic acids is 1. The van der Waals surface area contributed by atoms with Crippen molar-refractivity contribution in [3.05, 3.63) is 23.2 Å². The summed E-state index contributed by atoms with van der Waals surface area (Å²) in [6.45, 7) is 3.18. The molecule has 0 unspecified atom stereocenters. The minimum atomic E-state index is -0.229. The Morgan fingerprint density at radius 3 is 2.79 bits per heavy atom. The molecule has 6 heteroatoms. The lowest BCUT2D eigenvalue weighted by atomic mass is 9.87. The predicted molar refractivity (Wildman–Crippen MR) is 74.6 cm³/mol. The molecule has 1 aromatic rings. The first kappa shape index (κ1) is 14.1. The van der Waals surface area contributed by atoms with E-state index in [1.54, 1.807) is 18.2 Å². The molecule has 104 valence electrons. The lowest BCUT2D eigenvalue weighted by molar-refractivity contribution is -0.128. The van der Waals surface area contributed by atoms with Crippen LogP contribution in [0.5, 0.6) is 0 Å². The molecule has 1 fully saturated rings. The van der Waals surface area contributed by atoms with Crippen molar-refractivity contribution in [1.82, 2.24) is 0 Å². The Hall–Kier alpha value is -1.30. The van der Waals surface area contributed by atoms with Crippen LogP contribution < -0.4 is 10.6 Å². The van der Waals surface area contributed by atoms with Gasteiger partial charge in [-0.25, -0.2) is 0 Å². The van der Waals surface area contributed by atoms with Crippen molar-refractivity contribution in [2.75, 3.05) is 37.0 Å². The number of aliphatic hydroxyl groups is 1. The number of nitrogens with one attached hydrogen (secondary N) is 2. The first-order chi connectivity index (χ1) is 9.04. The quantitative estimate of drug-likeness (QED) is 0.770. The zero-order chi connectivity index (χ0) is 13.9. The van der Waals surface area contributed by atoms with Crippen LogP contribution in [0.4, 0.5) is 11.4 Å². The largest absolute Gasteiger partial charge is 0.396 e. The molecule has 1 aliphatic rings. The summed E-state index contributed by atoms with van der Waals surface area (Å²) in [4.78, 5) is 11.0. The fourth-order valence-electron chi connectivity index (χ4n) is 1.86. The molecule has 3 N–H and O–H groups in total. The first-order valence-corrected chi connectivity index (χ1v) is 6.42. The minimum Gasteiger partial charge on any atom is -0.396 e. The topological polar surface area (TPSA) is 70.6 Å². The molecule has 0 aromatic heterocycles. The van der Waals surface area contributed by atoms with Crippen molar-refractivity contribution in [2.24, 2.45) is 5.41 Å². The normalized spacial score (nSPS) is 16.6. The van der Waals surface area contributed by atoms with Crippen molar-refractivity contribution >= 4 is 28.9 Å². The average Bonchev–Trinajstić information content (AvgIpc) is 2.31. The molecule has 0 saturated carbocycles. The van der Waals surface area contributed by atoms with Gasteiger partial charge >= 0.3 is 0 Å². The zero-order valence-corrected chi connectivity index (χ0v) is 11.5. The third-order valence-corrected chi connectivity index (χ3v) is 3.42. The van der Waals surface area contributed by atoms with E-state index in [4.69, 9.17) is 16.3 Å². The van der Waals surface area contributed by atoms with Gasteiger partial charge in [0.25, 0.3) is 0 Å². The molecule has 1 heterocycles. The highest BCUT2D eigenvalue weighted by atomic mass is 35.5. The lowest BCUT2D eigenvalue weighted by Crippen LogP contribution is -2.50. The van der Waals surface area contributed by atoms with E-state index in [2.05, 4.69) is 10.6 Å². The zero-order valence-electron chi connectivity index (χ0n) is 10.7. The fourth-order valence-corrected chi connectivity index (χ4v) is 2.05. The van der Waals surface area contributed by atoms with Gasteiger partial charge in [0.1, 0.15) is 0 Å². The van der Waals surface area contributed by atoms with Gasteiger partial charge in [0.15, 0.2) is 0 Å². The molecular weight excluding hydrogens is 268 g/mol. The number of benzene rings is 1. The SMILES string of the molecule is CC(=O)Nc1ccc(Cl)c(NCC2(CO)COC2)c1. The Balaban J connectivity index is 2.04. The van der Waals surface area contributed by atoms with E-state index in [-0.39, 0.29) is 17.9 Å². The number of anilines is 2. The number of aliphatic hydroxyl groups excluding tert-OH is 1. The maximum absolute atomic E-state index is 11.0. The maximum atomic E-state index is 11.0. The molecule has 1 saturated heterocycles. The molecule has 0 aliphatic carbocycles. The maximum Gasteiger partial charge on any atom is 0.221 e. The highest BCUT2D eigenvalue weighted by Crippen LogP contribution is 2.30. The Labute approximate surface area is 116 Å². The summed E-state index contributed by atoms with van der Waals surface area (Å²) in [5.74, 6) is -0.132. The number of halogens is 1. The van der Waals surface area contributed by atoms with Crippen LogP contribution in [0.2, 0.25) is 5.02 Å². The van der Waals surface area contributed by atoms with Crippen LogP contribution in [-0.2, 0) is 9.53 Å². The summed E-state index contributed by atoms with van der Waals surface area (Å²) in [5, 5.41) is 15.8. The molecule has 5 nitrogen and oxygen atoms in total. The van der Waals surface area contributed by atoms with Crippen molar-refractivity contribution in [2.45, 2.75) is 6.92 Å². The molecule has 0 bridgehead atoms. The van der Waals surface area contributed by atoms with Crippen molar-refractivity contribution in [3.63, 3.8) is 0 Å². The van der Waals surface area contributed by atoms with Crippen molar-refractivity contribution < 1.29 is 14.6 Å². The Morgan fingerprint density at radius 1 is 1.53 bits per heavy atom. The van der Waals surface area contributed by atoms with Crippen molar-refractivity contribution in [3.8, 4) is 0 Å². The Morgan fingerprint density at radius 2 is 2.26 bits per heavy atom. The second kappa shape index (κ2) is 5.77. The molecule has 19 heavy (non-hydrogen) atoms. The van der Waals surface area contributed by atoms with Gasteiger partial charge < -0.3 is 20.5 Å². The standard InChI is InChI=1S/C13H17ClN2O3/c1-9(18)16-10-2-3-11(14)12(4-10)15-5-13(6-17)7-19-8-13/h2-4,15,17H,5-8H2,1H3,(H,16,18). The van der Waals surface area contributed by atoms with Gasteiger partial charge in [0.2, 0.25) is 5.91 Å². The van der Waals surface area contributed by atoms with Crippen LogP contribution in [0.15, 0.2) is 18.2 Å². The van der Waals surface area contributed by atoms with E-state index in [1.807, 2.05) is 0 Å². The van der Waals surface area contributed by atoms with E-state index >= 15 is 0 Å². The molecule has 1 aromatic carbocycles. The third-order valence-electron chi connectivity index (χ3n) is 3.09. The van der Waals surface area contributed by atoms with Gasteiger partial charge in [-0.15, -0.1) is 0 Å². The second-order valence-electron chi connectivity index (χ2n) is 4.88. The summed E-state index contributed by atoms with van der Waals surface area (Å²) in [5.41, 5.74) is 1.18. The van der Waals surface area contributed by atoms with E-state index in [0.29, 0.717) is 30.5 Å². The van der Waals surface area contributed by atoms with E-state index < -0.39 is 0 Å². The van der Waals surface area contributed by atoms with Crippen LogP contribution in [0.3, 0.4) is 0 Å². The Kier molecular flexibility index (Phi) is 4.29. The molecule has 0 spiro atoms. The van der Waals surface area contributed by atoms with Gasteiger partial charge in [0, 0.05) is 19.2 Å². The van der Waals surface area contributed by atoms with E-state index in [0.717, 1.165) is 5.69 Å². The number of carbonyl (C=O) groups is 1. The monoisotopic (exact) mass is 284 g/mol. The summed E-state index contributed by atoms with van der Waals surface area (Å²) < 4.78 is 5.13. The van der Waals surface area contributed by atoms with Gasteiger partial charge in [-0.1, -0.05) is 11.6 Å². The summed E-state index contributed by atoms with van der Waals surface area (Å²) >= 11 is 6.10. The molecule has 2 rings (SSSR count). The smallest absolute Gasteiger partial charge is 0.221 e. The Bertz CT molecular complexity index is 469. The van der Waals surface area contributed by atoms with Crippen LogP contribution in [-0.4, -0.2) is 37.4 Å². The van der Waals surface area contributed by atoms with Crippen LogP contribution in [0.25, 0.3) is 0 Å². The van der Waals surface area contributed by atoms with Crippen LogP contribution in [0, 0.1) is 5.41 Å². The number of rotatable bonds is 5. The highest BCUT2D eigenvalue weighted by molar-refractivity contribution is 6.33. The number of amides is 1.